The molecule has 0 bridgehead atoms. The molecular weight excluding hydrogens is 318 g/mol. The highest BCUT2D eigenvalue weighted by Gasteiger charge is 2.13. The quantitative estimate of drug-likeness (QED) is 0.868. The molecule has 0 unspecified atom stereocenters. The molecule has 0 spiro atoms. The van der Waals surface area contributed by atoms with Gasteiger partial charge in [-0.2, -0.15) is 5.26 Å². The number of carboxylic acid groups (broad SMARTS) is 1. The Morgan fingerprint density at radius 2 is 1.96 bits per heavy atom. The summed E-state index contributed by atoms with van der Waals surface area (Å²) in [4.78, 5) is 10.8. The Morgan fingerprint density at radius 3 is 2.52 bits per heavy atom. The molecule has 0 saturated carbocycles. The first-order chi connectivity index (χ1) is 11.0. The van der Waals surface area contributed by atoms with Gasteiger partial charge in [0, 0.05) is 6.07 Å². The van der Waals surface area contributed by atoms with Gasteiger partial charge in [0.2, 0.25) is 0 Å². The summed E-state index contributed by atoms with van der Waals surface area (Å²) < 4.78 is 11.2. The molecule has 1 N–H and O–H groups in total. The van der Waals surface area contributed by atoms with Crippen LogP contribution in [-0.4, -0.2) is 17.7 Å². The maximum Gasteiger partial charge on any atom is 0.335 e. The number of rotatable bonds is 6. The summed E-state index contributed by atoms with van der Waals surface area (Å²) in [6.45, 7) is 2.43. The Hall–Kier alpha value is -2.71. The van der Waals surface area contributed by atoms with Gasteiger partial charge in [-0.05, 0) is 30.7 Å². The molecule has 2 aromatic rings. The van der Waals surface area contributed by atoms with Crippen LogP contribution in [0.15, 0.2) is 36.4 Å². The summed E-state index contributed by atoms with van der Waals surface area (Å²) in [6, 6.07) is 11.4. The van der Waals surface area contributed by atoms with Crippen molar-refractivity contribution >= 4 is 17.6 Å². The Balaban J connectivity index is 2.19. The van der Waals surface area contributed by atoms with Crippen LogP contribution in [0.4, 0.5) is 0 Å². The zero-order chi connectivity index (χ0) is 16.8. The lowest BCUT2D eigenvalue weighted by molar-refractivity contribution is 0.0697. The van der Waals surface area contributed by atoms with Crippen molar-refractivity contribution in [2.45, 2.75) is 13.5 Å². The summed E-state index contributed by atoms with van der Waals surface area (Å²) in [5.41, 5.74) is 1.38. The van der Waals surface area contributed by atoms with Crippen LogP contribution in [0.1, 0.15) is 28.4 Å². The number of nitriles is 1. The fourth-order valence-electron chi connectivity index (χ4n) is 1.93. The van der Waals surface area contributed by atoms with Gasteiger partial charge < -0.3 is 14.6 Å². The molecule has 0 aromatic heterocycles. The zero-order valence-electron chi connectivity index (χ0n) is 12.4. The first-order valence-corrected chi connectivity index (χ1v) is 7.24. The Morgan fingerprint density at radius 1 is 1.26 bits per heavy atom. The summed E-state index contributed by atoms with van der Waals surface area (Å²) in [5.74, 6) is -0.222. The van der Waals surface area contributed by atoms with E-state index in [4.69, 9.17) is 31.4 Å². The smallest absolute Gasteiger partial charge is 0.335 e. The van der Waals surface area contributed by atoms with Gasteiger partial charge in [0.05, 0.1) is 28.8 Å². The summed E-state index contributed by atoms with van der Waals surface area (Å²) >= 11 is 6.15. The standard InChI is InChI=1S/C17H14ClNO4/c1-2-22-15-8-12(9-19)7-14(18)16(15)23-10-11-3-5-13(6-4-11)17(20)21/h3-8H,2,10H2,1H3,(H,20,21). The van der Waals surface area contributed by atoms with Crippen LogP contribution < -0.4 is 9.47 Å². The van der Waals surface area contributed by atoms with E-state index in [0.717, 1.165) is 5.56 Å². The van der Waals surface area contributed by atoms with Gasteiger partial charge >= 0.3 is 5.97 Å². The Labute approximate surface area is 138 Å². The topological polar surface area (TPSA) is 79.5 Å². The molecule has 2 rings (SSSR count). The Bertz CT molecular complexity index is 750. The average molecular weight is 332 g/mol. The Kier molecular flexibility index (Phi) is 5.45. The number of hydrogen-bond acceptors (Lipinski definition) is 4. The molecule has 0 fully saturated rings. The van der Waals surface area contributed by atoms with Gasteiger partial charge in [-0.25, -0.2) is 4.79 Å². The fourth-order valence-corrected chi connectivity index (χ4v) is 2.20. The molecule has 5 nitrogen and oxygen atoms in total. The van der Waals surface area contributed by atoms with Crippen LogP contribution in [0.3, 0.4) is 0 Å². The number of nitrogens with zero attached hydrogens (tertiary/aromatic N) is 1. The van der Waals surface area contributed by atoms with Crippen LogP contribution in [0.2, 0.25) is 5.02 Å². The van der Waals surface area contributed by atoms with E-state index in [-0.39, 0.29) is 17.2 Å². The molecule has 6 heteroatoms. The van der Waals surface area contributed by atoms with Crippen molar-refractivity contribution in [1.29, 1.82) is 5.26 Å². The lowest BCUT2D eigenvalue weighted by atomic mass is 10.1. The molecule has 0 atom stereocenters. The van der Waals surface area contributed by atoms with Crippen LogP contribution in [0, 0.1) is 11.3 Å². The number of aromatic carboxylic acids is 1. The van der Waals surface area contributed by atoms with Crippen molar-refractivity contribution in [3.8, 4) is 17.6 Å². The first-order valence-electron chi connectivity index (χ1n) is 6.86. The monoisotopic (exact) mass is 331 g/mol. The number of benzene rings is 2. The van der Waals surface area contributed by atoms with E-state index in [9.17, 15) is 4.79 Å². The van der Waals surface area contributed by atoms with E-state index in [1.807, 2.05) is 13.0 Å². The van der Waals surface area contributed by atoms with Crippen molar-refractivity contribution < 1.29 is 19.4 Å². The minimum absolute atomic E-state index is 0.200. The van der Waals surface area contributed by atoms with E-state index < -0.39 is 5.97 Å². The van der Waals surface area contributed by atoms with Gasteiger partial charge in [-0.15, -0.1) is 0 Å². The third kappa shape index (κ3) is 4.15. The normalized spacial score (nSPS) is 9.96. The van der Waals surface area contributed by atoms with E-state index in [2.05, 4.69) is 0 Å². The summed E-state index contributed by atoms with van der Waals surface area (Å²) in [7, 11) is 0. The number of carboxylic acids is 1. The van der Waals surface area contributed by atoms with E-state index in [1.54, 1.807) is 18.2 Å². The minimum atomic E-state index is -0.980. The van der Waals surface area contributed by atoms with E-state index >= 15 is 0 Å². The van der Waals surface area contributed by atoms with Crippen LogP contribution in [-0.2, 0) is 6.61 Å². The van der Waals surface area contributed by atoms with E-state index in [0.29, 0.717) is 23.7 Å². The highest BCUT2D eigenvalue weighted by Crippen LogP contribution is 2.37. The largest absolute Gasteiger partial charge is 0.490 e. The molecule has 0 aliphatic heterocycles. The number of ether oxygens (including phenoxy) is 2. The maximum absolute atomic E-state index is 10.8. The molecule has 0 heterocycles. The lowest BCUT2D eigenvalue weighted by Crippen LogP contribution is -2.02. The lowest BCUT2D eigenvalue weighted by Gasteiger charge is -2.14. The number of carbonyl (C=O) groups is 1. The van der Waals surface area contributed by atoms with Crippen molar-refractivity contribution in [2.24, 2.45) is 0 Å². The highest BCUT2D eigenvalue weighted by atomic mass is 35.5. The second kappa shape index (κ2) is 7.52. The van der Waals surface area contributed by atoms with Crippen molar-refractivity contribution in [2.75, 3.05) is 6.61 Å². The highest BCUT2D eigenvalue weighted by molar-refractivity contribution is 6.32. The molecule has 23 heavy (non-hydrogen) atoms. The van der Waals surface area contributed by atoms with Crippen molar-refractivity contribution in [1.82, 2.24) is 0 Å². The second-order valence-corrected chi connectivity index (χ2v) is 5.03. The third-order valence-electron chi connectivity index (χ3n) is 3.02. The summed E-state index contributed by atoms with van der Waals surface area (Å²) in [5, 5.41) is 18.1. The molecule has 0 saturated heterocycles. The number of hydrogen-bond donors (Lipinski definition) is 1. The molecule has 2 aromatic carbocycles. The van der Waals surface area contributed by atoms with Crippen molar-refractivity contribution in [3.05, 3.63) is 58.1 Å². The van der Waals surface area contributed by atoms with Crippen LogP contribution in [0.5, 0.6) is 11.5 Å². The first kappa shape index (κ1) is 16.7. The predicted molar refractivity (Wildman–Crippen MR) is 85.1 cm³/mol. The maximum atomic E-state index is 10.8. The fraction of sp³-hybridized carbons (Fsp3) is 0.176. The van der Waals surface area contributed by atoms with Gasteiger partial charge in [0.1, 0.15) is 6.61 Å². The molecule has 0 amide bonds. The third-order valence-corrected chi connectivity index (χ3v) is 3.30. The summed E-state index contributed by atoms with van der Waals surface area (Å²) in [6.07, 6.45) is 0. The molecular formula is C17H14ClNO4. The van der Waals surface area contributed by atoms with Gasteiger partial charge in [-0.3, -0.25) is 0 Å². The molecule has 0 aliphatic carbocycles. The number of halogens is 1. The van der Waals surface area contributed by atoms with Gasteiger partial charge in [0.15, 0.2) is 11.5 Å². The van der Waals surface area contributed by atoms with Gasteiger partial charge in [0.25, 0.3) is 0 Å². The van der Waals surface area contributed by atoms with Crippen molar-refractivity contribution in [3.63, 3.8) is 0 Å². The molecule has 0 aliphatic rings. The zero-order valence-corrected chi connectivity index (χ0v) is 13.1. The van der Waals surface area contributed by atoms with Crippen LogP contribution >= 0.6 is 11.6 Å². The minimum Gasteiger partial charge on any atom is -0.490 e. The predicted octanol–water partition coefficient (Wildman–Crippen LogP) is 3.89. The van der Waals surface area contributed by atoms with Crippen LogP contribution in [0.25, 0.3) is 0 Å². The molecule has 0 radical (unpaired) electrons. The van der Waals surface area contributed by atoms with Gasteiger partial charge in [-0.1, -0.05) is 23.7 Å². The SMILES string of the molecule is CCOc1cc(C#N)cc(Cl)c1OCc1ccc(C(=O)O)cc1. The average Bonchev–Trinajstić information content (AvgIpc) is 2.54. The van der Waals surface area contributed by atoms with E-state index in [1.165, 1.54) is 18.2 Å². The molecule has 118 valence electrons. The second-order valence-electron chi connectivity index (χ2n) is 4.62.